The Kier molecular flexibility index (Phi) is 3.54. The highest BCUT2D eigenvalue weighted by atomic mass is 32.2. The van der Waals surface area contributed by atoms with Gasteiger partial charge in [-0.2, -0.15) is 0 Å². The number of carbonyl (C=O) groups excluding carboxylic acids is 1. The monoisotopic (exact) mass is 294 g/mol. The number of carbonyl (C=O) groups is 1. The summed E-state index contributed by atoms with van der Waals surface area (Å²) < 4.78 is 29.8. The van der Waals surface area contributed by atoms with Crippen LogP contribution in [-0.2, 0) is 16.3 Å². The number of fused-ring (bicyclic) bond motifs is 1. The molecule has 2 heterocycles. The van der Waals surface area contributed by atoms with E-state index in [4.69, 9.17) is 4.74 Å². The Morgan fingerprint density at radius 1 is 1.20 bits per heavy atom. The molecule has 108 valence electrons. The third kappa shape index (κ3) is 2.35. The van der Waals surface area contributed by atoms with Crippen molar-refractivity contribution in [3.63, 3.8) is 0 Å². The second kappa shape index (κ2) is 5.20. The van der Waals surface area contributed by atoms with Crippen molar-refractivity contribution in [3.05, 3.63) is 29.3 Å². The fourth-order valence-electron chi connectivity index (χ4n) is 3.01. The molecular weight excluding hydrogens is 276 g/mol. The maximum Gasteiger partial charge on any atom is 0.184 e. The average Bonchev–Trinajstić information content (AvgIpc) is 2.45. The van der Waals surface area contributed by atoms with Crippen LogP contribution in [0.2, 0.25) is 0 Å². The first-order chi connectivity index (χ1) is 9.59. The topological polar surface area (TPSA) is 60.4 Å². The van der Waals surface area contributed by atoms with E-state index in [0.29, 0.717) is 30.8 Å². The Bertz CT molecular complexity index is 633. The summed E-state index contributed by atoms with van der Waals surface area (Å²) in [4.78, 5) is 12.6. The Hall–Kier alpha value is -1.36. The largest absolute Gasteiger partial charge is 0.493 e. The molecule has 1 unspecified atom stereocenters. The van der Waals surface area contributed by atoms with E-state index in [0.717, 1.165) is 24.8 Å². The second-order valence-electron chi connectivity index (χ2n) is 5.46. The van der Waals surface area contributed by atoms with Gasteiger partial charge in [-0.25, -0.2) is 8.42 Å². The van der Waals surface area contributed by atoms with Gasteiger partial charge in [0.25, 0.3) is 0 Å². The molecule has 4 nitrogen and oxygen atoms in total. The summed E-state index contributed by atoms with van der Waals surface area (Å²) in [7, 11) is -3.30. The van der Waals surface area contributed by atoms with E-state index in [1.54, 1.807) is 6.07 Å². The van der Waals surface area contributed by atoms with Crippen LogP contribution in [0.4, 0.5) is 0 Å². The number of rotatable bonds is 2. The van der Waals surface area contributed by atoms with Crippen LogP contribution in [-0.4, -0.2) is 31.8 Å². The van der Waals surface area contributed by atoms with Crippen LogP contribution in [0.1, 0.15) is 41.6 Å². The van der Waals surface area contributed by atoms with Gasteiger partial charge in [-0.05, 0) is 37.3 Å². The van der Waals surface area contributed by atoms with Crippen molar-refractivity contribution < 1.29 is 17.9 Å². The lowest BCUT2D eigenvalue weighted by atomic mass is 9.97. The highest BCUT2D eigenvalue weighted by molar-refractivity contribution is 7.92. The highest BCUT2D eigenvalue weighted by Crippen LogP contribution is 2.32. The van der Waals surface area contributed by atoms with E-state index in [-0.39, 0.29) is 11.5 Å². The minimum Gasteiger partial charge on any atom is -0.493 e. The van der Waals surface area contributed by atoms with Crippen LogP contribution < -0.4 is 4.74 Å². The lowest BCUT2D eigenvalue weighted by molar-refractivity contribution is 0.0976. The van der Waals surface area contributed by atoms with Gasteiger partial charge in [0.15, 0.2) is 15.6 Å². The number of ketones is 1. The molecule has 2 aliphatic heterocycles. The Labute approximate surface area is 119 Å². The van der Waals surface area contributed by atoms with Crippen LogP contribution in [0, 0.1) is 0 Å². The minimum atomic E-state index is -3.30. The van der Waals surface area contributed by atoms with Crippen molar-refractivity contribution in [1.29, 1.82) is 0 Å². The number of benzene rings is 1. The first-order valence-electron chi connectivity index (χ1n) is 7.10. The predicted molar refractivity (Wildman–Crippen MR) is 76.0 cm³/mol. The van der Waals surface area contributed by atoms with E-state index in [2.05, 4.69) is 0 Å². The van der Waals surface area contributed by atoms with Crippen molar-refractivity contribution in [2.45, 2.75) is 37.4 Å². The maximum absolute atomic E-state index is 12.6. The molecule has 3 rings (SSSR count). The lowest BCUT2D eigenvalue weighted by Crippen LogP contribution is -2.36. The summed E-state index contributed by atoms with van der Waals surface area (Å²) >= 11 is 0. The van der Waals surface area contributed by atoms with E-state index >= 15 is 0 Å². The Balaban J connectivity index is 1.99. The normalized spacial score (nSPS) is 24.5. The van der Waals surface area contributed by atoms with Gasteiger partial charge in [-0.1, -0.05) is 18.6 Å². The molecule has 1 aromatic rings. The number of para-hydroxylation sites is 1. The molecule has 0 aromatic heterocycles. The standard InChI is InChI=1S/C15H18O4S/c16-14(13-8-1-2-10-20(13,17)18)12-7-3-5-11-6-4-9-19-15(11)12/h3,5,7,13H,1-2,4,6,8-10H2. The second-order valence-corrected chi connectivity index (χ2v) is 7.76. The molecule has 1 aromatic carbocycles. The first kappa shape index (κ1) is 13.6. The molecule has 0 saturated carbocycles. The summed E-state index contributed by atoms with van der Waals surface area (Å²) in [6.07, 6.45) is 3.71. The van der Waals surface area contributed by atoms with Crippen molar-refractivity contribution in [2.24, 2.45) is 0 Å². The summed E-state index contributed by atoms with van der Waals surface area (Å²) in [6.45, 7) is 0.592. The molecule has 0 radical (unpaired) electrons. The van der Waals surface area contributed by atoms with Gasteiger partial charge in [-0.3, -0.25) is 4.79 Å². The minimum absolute atomic E-state index is 0.124. The van der Waals surface area contributed by atoms with Gasteiger partial charge >= 0.3 is 0 Å². The van der Waals surface area contributed by atoms with Gasteiger partial charge in [0, 0.05) is 0 Å². The van der Waals surface area contributed by atoms with E-state index < -0.39 is 15.1 Å². The van der Waals surface area contributed by atoms with Crippen molar-refractivity contribution in [2.75, 3.05) is 12.4 Å². The van der Waals surface area contributed by atoms with Gasteiger partial charge < -0.3 is 4.74 Å². The zero-order valence-electron chi connectivity index (χ0n) is 11.3. The first-order valence-corrected chi connectivity index (χ1v) is 8.81. The highest BCUT2D eigenvalue weighted by Gasteiger charge is 2.36. The Morgan fingerprint density at radius 3 is 2.85 bits per heavy atom. The molecular formula is C15H18O4S. The zero-order chi connectivity index (χ0) is 14.2. The molecule has 5 heteroatoms. The summed E-state index contributed by atoms with van der Waals surface area (Å²) in [5.41, 5.74) is 1.45. The van der Waals surface area contributed by atoms with E-state index in [1.807, 2.05) is 12.1 Å². The van der Waals surface area contributed by atoms with E-state index in [9.17, 15) is 13.2 Å². The van der Waals surface area contributed by atoms with Crippen molar-refractivity contribution in [3.8, 4) is 5.75 Å². The summed E-state index contributed by atoms with van der Waals surface area (Å²) in [5, 5.41) is -0.881. The molecule has 1 saturated heterocycles. The van der Waals surface area contributed by atoms with Crippen LogP contribution >= 0.6 is 0 Å². The van der Waals surface area contributed by atoms with Gasteiger partial charge in [0.1, 0.15) is 11.0 Å². The third-order valence-electron chi connectivity index (χ3n) is 4.07. The molecule has 0 bridgehead atoms. The maximum atomic E-state index is 12.6. The fourth-order valence-corrected chi connectivity index (χ4v) is 4.88. The zero-order valence-corrected chi connectivity index (χ0v) is 12.1. The number of ether oxygens (including phenoxy) is 1. The van der Waals surface area contributed by atoms with E-state index in [1.165, 1.54) is 0 Å². The average molecular weight is 294 g/mol. The number of Topliss-reactive ketones (excluding diaryl/α,β-unsaturated/α-hetero) is 1. The molecule has 1 fully saturated rings. The molecule has 2 aliphatic rings. The molecule has 0 spiro atoms. The quantitative estimate of drug-likeness (QED) is 0.784. The van der Waals surface area contributed by atoms with Crippen LogP contribution in [0.15, 0.2) is 18.2 Å². The molecule has 0 N–H and O–H groups in total. The van der Waals surface area contributed by atoms with Crippen molar-refractivity contribution in [1.82, 2.24) is 0 Å². The fraction of sp³-hybridized carbons (Fsp3) is 0.533. The summed E-state index contributed by atoms with van der Waals surface area (Å²) in [6, 6.07) is 5.45. The van der Waals surface area contributed by atoms with Crippen LogP contribution in [0.5, 0.6) is 5.75 Å². The Morgan fingerprint density at radius 2 is 2.05 bits per heavy atom. The van der Waals surface area contributed by atoms with Gasteiger partial charge in [0.2, 0.25) is 0 Å². The van der Waals surface area contributed by atoms with Gasteiger partial charge in [0.05, 0.1) is 17.9 Å². The van der Waals surface area contributed by atoms with Gasteiger partial charge in [-0.15, -0.1) is 0 Å². The molecule has 1 atom stereocenters. The molecule has 0 amide bonds. The van der Waals surface area contributed by atoms with Crippen LogP contribution in [0.25, 0.3) is 0 Å². The lowest BCUT2D eigenvalue weighted by Gasteiger charge is -2.24. The number of aryl methyl sites for hydroxylation is 1. The van der Waals surface area contributed by atoms with Crippen molar-refractivity contribution >= 4 is 15.6 Å². The SMILES string of the molecule is O=C(c1cccc2c1OCCC2)C1CCCCS1(=O)=O. The summed E-state index contributed by atoms with van der Waals surface area (Å²) in [5.74, 6) is 0.437. The number of sulfone groups is 1. The predicted octanol–water partition coefficient (Wildman–Crippen LogP) is 2.16. The molecule has 0 aliphatic carbocycles. The number of hydrogen-bond donors (Lipinski definition) is 0. The smallest absolute Gasteiger partial charge is 0.184 e. The molecule has 20 heavy (non-hydrogen) atoms. The van der Waals surface area contributed by atoms with Crippen LogP contribution in [0.3, 0.4) is 0 Å². The number of hydrogen-bond acceptors (Lipinski definition) is 4. The third-order valence-corrected chi connectivity index (χ3v) is 6.24.